The quantitative estimate of drug-likeness (QED) is 0.0506. The third kappa shape index (κ3) is 11.5. The predicted octanol–water partition coefficient (Wildman–Crippen LogP) is 9.16. The number of nitrogens with zero attached hydrogens (tertiary/aromatic N) is 1. The van der Waals surface area contributed by atoms with Crippen LogP contribution in [0.25, 0.3) is 10.9 Å². The van der Waals surface area contributed by atoms with Crippen molar-refractivity contribution in [3.05, 3.63) is 98.8 Å². The average Bonchev–Trinajstić information content (AvgIpc) is 3.80. The number of carbonyl (C=O) groups excluding carboxylic acids is 2. The highest BCUT2D eigenvalue weighted by atomic mass is 35.5. The molecule has 1 aromatic heterocycles. The molecule has 0 unspecified atom stereocenters. The van der Waals surface area contributed by atoms with Crippen LogP contribution < -0.4 is 20.9 Å². The Morgan fingerprint density at radius 3 is 2.35 bits per heavy atom. The van der Waals surface area contributed by atoms with E-state index in [9.17, 15) is 24.6 Å². The Balaban J connectivity index is 0.994. The number of rotatable bonds is 17. The van der Waals surface area contributed by atoms with Crippen LogP contribution in [0.4, 0.5) is 10.5 Å². The molecule has 1 amide bonds. The summed E-state index contributed by atoms with van der Waals surface area (Å²) < 4.78 is 24.2. The molecule has 2 atom stereocenters. The number of methoxy groups -OCH3 is 1. The van der Waals surface area contributed by atoms with E-state index in [1.807, 2.05) is 43.4 Å². The molecule has 2 saturated carbocycles. The maximum absolute atomic E-state index is 13.6. The fourth-order valence-electron chi connectivity index (χ4n) is 8.66. The lowest BCUT2D eigenvalue weighted by atomic mass is 9.80. The van der Waals surface area contributed by atoms with Crippen LogP contribution in [-0.2, 0) is 30.8 Å². The van der Waals surface area contributed by atoms with Crippen molar-refractivity contribution >= 4 is 48.6 Å². The van der Waals surface area contributed by atoms with Gasteiger partial charge in [0.1, 0.15) is 24.2 Å². The second kappa shape index (κ2) is 20.6. The number of fused-ring (bicyclic) bond motifs is 1. The monoisotopic (exact) mass is 904 g/mol. The molecule has 4 aromatic rings. The zero-order valence-electron chi connectivity index (χ0n) is 37.7. The Morgan fingerprint density at radius 2 is 1.68 bits per heavy atom. The standard InChI is InChI=1S/C48H65ClN4O9Si/c1-47(2,3)63(6,7)62-42(36-21-23-40(54)44-37(36)22-24-43(55)52-44)30-50-29-31-27-38(49)39(28-41(31)59-5)51-46(57)60-26-25-53(4)34-17-19-35(20-18-34)61-45(56)48(58,33-15-11-12-16-33)32-13-9-8-10-14-32/h8-10,13-14,21-24,27-28,33-35,42,50,54,58H,11-12,15-20,25-26,29-30H2,1-7H3,(H,51,57)(H,52,55)/t34?,35?,42-,48-/m0/s1. The minimum atomic E-state index is -2.29. The fraction of sp³-hybridized carbons (Fsp3) is 0.521. The van der Waals surface area contributed by atoms with E-state index in [1.165, 1.54) is 6.07 Å². The van der Waals surface area contributed by atoms with Gasteiger partial charge in [-0.25, -0.2) is 9.59 Å². The number of hydrogen-bond donors (Lipinski definition) is 5. The molecule has 0 aliphatic heterocycles. The number of halogens is 1. The highest BCUT2D eigenvalue weighted by Crippen LogP contribution is 2.43. The molecule has 5 N–H and O–H groups in total. The van der Waals surface area contributed by atoms with Crippen LogP contribution in [0.5, 0.6) is 11.5 Å². The summed E-state index contributed by atoms with van der Waals surface area (Å²) in [6.07, 6.45) is 5.27. The second-order valence-electron chi connectivity index (χ2n) is 18.6. The summed E-state index contributed by atoms with van der Waals surface area (Å²) in [7, 11) is 1.26. The number of phenolic OH excluding ortho intramolecular Hbond substituents is 1. The largest absolute Gasteiger partial charge is 0.506 e. The summed E-state index contributed by atoms with van der Waals surface area (Å²) in [6, 6.07) is 19.4. The average molecular weight is 906 g/mol. The van der Waals surface area contributed by atoms with Gasteiger partial charge in [-0.3, -0.25) is 10.1 Å². The van der Waals surface area contributed by atoms with Crippen LogP contribution in [0.3, 0.4) is 0 Å². The highest BCUT2D eigenvalue weighted by Gasteiger charge is 2.48. The van der Waals surface area contributed by atoms with Crippen LogP contribution in [0, 0.1) is 5.92 Å². The van der Waals surface area contributed by atoms with Crippen molar-refractivity contribution in [1.29, 1.82) is 0 Å². The van der Waals surface area contributed by atoms with E-state index in [0.717, 1.165) is 49.7 Å². The SMILES string of the molecule is COc1cc(NC(=O)OCCN(C)C2CCC(OC(=O)[C@](O)(c3ccccc3)C3CCCC3)CC2)c(Cl)cc1CNC[C@H](O[Si](C)(C)C(C)(C)C)c1ccc(O)c2[nH]c(=O)ccc12. The molecule has 0 bridgehead atoms. The number of pyridine rings is 1. The van der Waals surface area contributed by atoms with Crippen LogP contribution in [0.2, 0.25) is 23.2 Å². The van der Waals surface area contributed by atoms with Gasteiger partial charge in [0.15, 0.2) is 13.9 Å². The third-order valence-electron chi connectivity index (χ3n) is 13.4. The number of esters is 1. The first-order valence-electron chi connectivity index (χ1n) is 22.1. The van der Waals surface area contributed by atoms with Gasteiger partial charge in [-0.15, -0.1) is 0 Å². The van der Waals surface area contributed by atoms with E-state index in [2.05, 4.69) is 54.4 Å². The van der Waals surface area contributed by atoms with Crippen molar-refractivity contribution in [3.63, 3.8) is 0 Å². The maximum Gasteiger partial charge on any atom is 0.411 e. The molecular weight excluding hydrogens is 840 g/mol. The lowest BCUT2D eigenvalue weighted by Gasteiger charge is -2.39. The fourth-order valence-corrected chi connectivity index (χ4v) is 10.2. The summed E-state index contributed by atoms with van der Waals surface area (Å²) in [5, 5.41) is 29.6. The van der Waals surface area contributed by atoms with Crippen molar-refractivity contribution in [3.8, 4) is 11.5 Å². The summed E-state index contributed by atoms with van der Waals surface area (Å²) in [4.78, 5) is 43.6. The van der Waals surface area contributed by atoms with E-state index >= 15 is 0 Å². The molecule has 0 saturated heterocycles. The number of ether oxygens (including phenoxy) is 3. The molecular formula is C48H65ClN4O9Si. The summed E-state index contributed by atoms with van der Waals surface area (Å²) >= 11 is 6.71. The number of aromatic nitrogens is 1. The zero-order valence-corrected chi connectivity index (χ0v) is 39.5. The number of hydrogen-bond acceptors (Lipinski definition) is 11. The van der Waals surface area contributed by atoms with Crippen molar-refractivity contribution in [2.24, 2.45) is 5.92 Å². The minimum absolute atomic E-state index is 0.0143. The van der Waals surface area contributed by atoms with Crippen molar-refractivity contribution in [2.45, 2.75) is 121 Å². The summed E-state index contributed by atoms with van der Waals surface area (Å²) in [5.41, 5.74) is 0.961. The first-order valence-corrected chi connectivity index (χ1v) is 25.4. The number of amides is 1. The van der Waals surface area contributed by atoms with Gasteiger partial charge < -0.3 is 44.1 Å². The van der Waals surface area contributed by atoms with Gasteiger partial charge in [0.05, 0.1) is 29.4 Å². The summed E-state index contributed by atoms with van der Waals surface area (Å²) in [5.74, 6) is -0.194. The number of aliphatic hydroxyl groups is 1. The number of likely N-dealkylation sites (N-methyl/N-ethyl adjacent to an activating group) is 1. The molecule has 2 aliphatic rings. The van der Waals surface area contributed by atoms with Crippen molar-refractivity contribution in [2.75, 3.05) is 39.2 Å². The molecule has 63 heavy (non-hydrogen) atoms. The van der Waals surface area contributed by atoms with Gasteiger partial charge >= 0.3 is 12.1 Å². The summed E-state index contributed by atoms with van der Waals surface area (Å²) in [6.45, 7) is 12.3. The molecule has 0 spiro atoms. The Bertz CT molecular complexity index is 2250. The zero-order chi connectivity index (χ0) is 45.5. The minimum Gasteiger partial charge on any atom is -0.506 e. The maximum atomic E-state index is 13.6. The Morgan fingerprint density at radius 1 is 0.984 bits per heavy atom. The first kappa shape index (κ1) is 48.0. The Hall–Kier alpha value is -4.44. The number of benzene rings is 3. The van der Waals surface area contributed by atoms with E-state index in [0.29, 0.717) is 65.4 Å². The molecule has 0 radical (unpaired) electrons. The number of anilines is 1. The molecule has 6 rings (SSSR count). The molecule has 342 valence electrons. The lowest BCUT2D eigenvalue weighted by molar-refractivity contribution is -0.181. The molecule has 15 heteroatoms. The van der Waals surface area contributed by atoms with Crippen LogP contribution in [0.1, 0.15) is 94.9 Å². The number of nitrogens with one attached hydrogen (secondary N) is 3. The smallest absolute Gasteiger partial charge is 0.411 e. The first-order chi connectivity index (χ1) is 29.9. The highest BCUT2D eigenvalue weighted by molar-refractivity contribution is 6.74. The van der Waals surface area contributed by atoms with Crippen LogP contribution >= 0.6 is 11.6 Å². The van der Waals surface area contributed by atoms with E-state index in [1.54, 1.807) is 31.4 Å². The molecule has 13 nitrogen and oxygen atoms in total. The van der Waals surface area contributed by atoms with Crippen molar-refractivity contribution in [1.82, 2.24) is 15.2 Å². The topological polar surface area (TPSA) is 172 Å². The third-order valence-corrected chi connectivity index (χ3v) is 18.2. The molecule has 2 fully saturated rings. The number of H-pyrrole nitrogens is 1. The number of phenols is 1. The van der Waals surface area contributed by atoms with Crippen LogP contribution in [0.15, 0.2) is 71.5 Å². The molecule has 1 heterocycles. The van der Waals surface area contributed by atoms with Gasteiger partial charge in [0, 0.05) is 54.7 Å². The molecule has 3 aromatic carbocycles. The van der Waals surface area contributed by atoms with Gasteiger partial charge in [0.2, 0.25) is 5.56 Å². The van der Waals surface area contributed by atoms with Crippen LogP contribution in [-0.4, -0.2) is 86.5 Å². The Kier molecular flexibility index (Phi) is 15.7. The predicted molar refractivity (Wildman–Crippen MR) is 249 cm³/mol. The van der Waals surface area contributed by atoms with E-state index in [4.69, 9.17) is 30.2 Å². The number of aromatic amines is 1. The van der Waals surface area contributed by atoms with E-state index < -0.39 is 32.1 Å². The second-order valence-corrected chi connectivity index (χ2v) is 23.8. The number of carbonyl (C=O) groups is 2. The Labute approximate surface area is 376 Å². The van der Waals surface area contributed by atoms with Crippen molar-refractivity contribution < 1.29 is 38.4 Å². The number of aromatic hydroxyl groups is 1. The lowest BCUT2D eigenvalue weighted by Crippen LogP contribution is -2.46. The van der Waals surface area contributed by atoms with Gasteiger partial charge in [0.25, 0.3) is 0 Å². The van der Waals surface area contributed by atoms with E-state index in [-0.39, 0.29) is 41.0 Å². The molecule has 2 aliphatic carbocycles. The van der Waals surface area contributed by atoms with Gasteiger partial charge in [-0.05, 0) is 93.0 Å². The van der Waals surface area contributed by atoms with Gasteiger partial charge in [-0.2, -0.15) is 0 Å². The van der Waals surface area contributed by atoms with Gasteiger partial charge in [-0.1, -0.05) is 81.6 Å². The normalized spacial score (nSPS) is 18.8.